The quantitative estimate of drug-likeness (QED) is 0.708. The van der Waals surface area contributed by atoms with Gasteiger partial charge in [-0.3, -0.25) is 0 Å². The average molecular weight is 193 g/mol. The standard InChI is InChI=1S/C11H15NS/c1-3-11-12(4-2)9-7-5-6-8-10(9)13-11/h5-8,11H,3-4H2,1-2H3. The molecule has 1 heterocycles. The highest BCUT2D eigenvalue weighted by molar-refractivity contribution is 8.00. The molecule has 1 aliphatic heterocycles. The van der Waals surface area contributed by atoms with Gasteiger partial charge in [0.05, 0.1) is 11.1 Å². The van der Waals surface area contributed by atoms with Crippen LogP contribution >= 0.6 is 11.8 Å². The van der Waals surface area contributed by atoms with E-state index in [9.17, 15) is 0 Å². The number of thioether (sulfide) groups is 1. The fraction of sp³-hybridized carbons (Fsp3) is 0.455. The summed E-state index contributed by atoms with van der Waals surface area (Å²) in [5.41, 5.74) is 1.42. The van der Waals surface area contributed by atoms with Crippen molar-refractivity contribution in [3.63, 3.8) is 0 Å². The first-order valence-electron chi connectivity index (χ1n) is 4.89. The van der Waals surface area contributed by atoms with Gasteiger partial charge in [-0.2, -0.15) is 0 Å². The second-order valence-electron chi connectivity index (χ2n) is 3.23. The molecule has 0 radical (unpaired) electrons. The molecule has 1 aliphatic rings. The maximum atomic E-state index is 2.49. The van der Waals surface area contributed by atoms with Gasteiger partial charge in [0.15, 0.2) is 0 Å². The van der Waals surface area contributed by atoms with Crippen molar-refractivity contribution in [2.24, 2.45) is 0 Å². The Hall–Kier alpha value is -0.630. The van der Waals surface area contributed by atoms with E-state index in [4.69, 9.17) is 0 Å². The van der Waals surface area contributed by atoms with Crippen molar-refractivity contribution >= 4 is 17.4 Å². The van der Waals surface area contributed by atoms with Crippen molar-refractivity contribution in [3.8, 4) is 0 Å². The average Bonchev–Trinajstić information content (AvgIpc) is 2.55. The molecule has 70 valence electrons. The highest BCUT2D eigenvalue weighted by Gasteiger charge is 2.26. The van der Waals surface area contributed by atoms with E-state index in [0.717, 1.165) is 6.54 Å². The number of para-hydroxylation sites is 1. The molecule has 0 amide bonds. The van der Waals surface area contributed by atoms with E-state index >= 15 is 0 Å². The van der Waals surface area contributed by atoms with Crippen LogP contribution in [0.25, 0.3) is 0 Å². The van der Waals surface area contributed by atoms with Gasteiger partial charge < -0.3 is 4.90 Å². The summed E-state index contributed by atoms with van der Waals surface area (Å²) in [5, 5.41) is 0.655. The van der Waals surface area contributed by atoms with Crippen LogP contribution in [0.5, 0.6) is 0 Å². The van der Waals surface area contributed by atoms with Crippen molar-refractivity contribution in [1.82, 2.24) is 0 Å². The largest absolute Gasteiger partial charge is 0.359 e. The van der Waals surface area contributed by atoms with Crippen molar-refractivity contribution < 1.29 is 0 Å². The van der Waals surface area contributed by atoms with Crippen LogP contribution < -0.4 is 4.90 Å². The smallest absolute Gasteiger partial charge is 0.0795 e. The molecule has 0 N–H and O–H groups in total. The Balaban J connectivity index is 2.34. The fourth-order valence-electron chi connectivity index (χ4n) is 1.84. The number of anilines is 1. The lowest BCUT2D eigenvalue weighted by Gasteiger charge is -2.23. The Morgan fingerprint density at radius 1 is 1.31 bits per heavy atom. The topological polar surface area (TPSA) is 3.24 Å². The molecule has 1 atom stereocenters. The van der Waals surface area contributed by atoms with Crippen molar-refractivity contribution in [1.29, 1.82) is 0 Å². The maximum absolute atomic E-state index is 2.49. The molecule has 1 aromatic carbocycles. The second-order valence-corrected chi connectivity index (χ2v) is 4.45. The molecule has 0 bridgehead atoms. The number of benzene rings is 1. The van der Waals surface area contributed by atoms with Crippen LogP contribution in [0.4, 0.5) is 5.69 Å². The zero-order chi connectivity index (χ0) is 9.26. The van der Waals surface area contributed by atoms with Crippen LogP contribution in [-0.2, 0) is 0 Å². The molecule has 0 fully saturated rings. The molecule has 2 rings (SSSR count). The molecular weight excluding hydrogens is 178 g/mol. The van der Waals surface area contributed by atoms with E-state index in [1.54, 1.807) is 0 Å². The van der Waals surface area contributed by atoms with Crippen LogP contribution in [-0.4, -0.2) is 11.9 Å². The van der Waals surface area contributed by atoms with E-state index in [0.29, 0.717) is 5.37 Å². The third-order valence-corrected chi connectivity index (χ3v) is 3.93. The summed E-state index contributed by atoms with van der Waals surface area (Å²) in [6, 6.07) is 8.69. The van der Waals surface area contributed by atoms with E-state index in [1.807, 2.05) is 11.8 Å². The Morgan fingerprint density at radius 2 is 2.08 bits per heavy atom. The molecule has 1 nitrogen and oxygen atoms in total. The summed E-state index contributed by atoms with van der Waals surface area (Å²) >= 11 is 1.99. The monoisotopic (exact) mass is 193 g/mol. The number of fused-ring (bicyclic) bond motifs is 1. The van der Waals surface area contributed by atoms with E-state index in [2.05, 4.69) is 43.0 Å². The summed E-state index contributed by atoms with van der Waals surface area (Å²) < 4.78 is 0. The lowest BCUT2D eigenvalue weighted by molar-refractivity contribution is 0.756. The molecule has 0 saturated carbocycles. The highest BCUT2D eigenvalue weighted by atomic mass is 32.2. The van der Waals surface area contributed by atoms with Crippen LogP contribution in [0.3, 0.4) is 0 Å². The van der Waals surface area contributed by atoms with Crippen LogP contribution in [0.2, 0.25) is 0 Å². The Kier molecular flexibility index (Phi) is 2.49. The van der Waals surface area contributed by atoms with Gasteiger partial charge in [-0.15, -0.1) is 0 Å². The zero-order valence-electron chi connectivity index (χ0n) is 8.16. The minimum Gasteiger partial charge on any atom is -0.359 e. The summed E-state index contributed by atoms with van der Waals surface area (Å²) in [4.78, 5) is 3.93. The molecule has 1 aromatic rings. The van der Waals surface area contributed by atoms with Gasteiger partial charge in [-0.05, 0) is 25.5 Å². The van der Waals surface area contributed by atoms with Gasteiger partial charge >= 0.3 is 0 Å². The molecule has 0 saturated heterocycles. The first-order chi connectivity index (χ1) is 6.36. The Labute approximate surface area is 84.1 Å². The van der Waals surface area contributed by atoms with Crippen molar-refractivity contribution in [3.05, 3.63) is 24.3 Å². The van der Waals surface area contributed by atoms with Gasteiger partial charge in [-0.1, -0.05) is 30.8 Å². The normalized spacial score (nSPS) is 20.5. The molecule has 0 spiro atoms. The number of hydrogen-bond acceptors (Lipinski definition) is 2. The predicted octanol–water partition coefficient (Wildman–Crippen LogP) is 3.35. The number of hydrogen-bond donors (Lipinski definition) is 0. The summed E-state index contributed by atoms with van der Waals surface area (Å²) in [6.45, 7) is 5.60. The van der Waals surface area contributed by atoms with Crippen molar-refractivity contribution in [2.45, 2.75) is 30.5 Å². The van der Waals surface area contributed by atoms with E-state index in [1.165, 1.54) is 17.0 Å². The third-order valence-electron chi connectivity index (χ3n) is 2.48. The number of rotatable bonds is 2. The SMILES string of the molecule is CCC1Sc2ccccc2N1CC. The lowest BCUT2D eigenvalue weighted by atomic mass is 10.3. The number of nitrogens with zero attached hydrogens (tertiary/aromatic N) is 1. The van der Waals surface area contributed by atoms with Gasteiger partial charge in [0.2, 0.25) is 0 Å². The first-order valence-corrected chi connectivity index (χ1v) is 5.77. The first kappa shape index (κ1) is 8.95. The lowest BCUT2D eigenvalue weighted by Crippen LogP contribution is -2.28. The molecule has 2 heteroatoms. The molecule has 0 aromatic heterocycles. The predicted molar refractivity (Wildman–Crippen MR) is 59.4 cm³/mol. The second kappa shape index (κ2) is 3.62. The van der Waals surface area contributed by atoms with Gasteiger partial charge in [-0.25, -0.2) is 0 Å². The van der Waals surface area contributed by atoms with Gasteiger partial charge in [0.25, 0.3) is 0 Å². The molecule has 0 aliphatic carbocycles. The Bertz CT molecular complexity index is 298. The van der Waals surface area contributed by atoms with Crippen LogP contribution in [0.1, 0.15) is 20.3 Å². The van der Waals surface area contributed by atoms with E-state index < -0.39 is 0 Å². The molecule has 13 heavy (non-hydrogen) atoms. The zero-order valence-corrected chi connectivity index (χ0v) is 8.97. The van der Waals surface area contributed by atoms with Gasteiger partial charge in [0, 0.05) is 11.4 Å². The summed E-state index contributed by atoms with van der Waals surface area (Å²) in [5.74, 6) is 0. The van der Waals surface area contributed by atoms with Gasteiger partial charge in [0.1, 0.15) is 0 Å². The van der Waals surface area contributed by atoms with Crippen LogP contribution in [0, 0.1) is 0 Å². The summed E-state index contributed by atoms with van der Waals surface area (Å²) in [7, 11) is 0. The molecule has 1 unspecified atom stereocenters. The maximum Gasteiger partial charge on any atom is 0.0795 e. The van der Waals surface area contributed by atoms with Crippen LogP contribution in [0.15, 0.2) is 29.2 Å². The summed E-state index contributed by atoms with van der Waals surface area (Å²) in [6.07, 6.45) is 1.22. The highest BCUT2D eigenvalue weighted by Crippen LogP contribution is 2.43. The third kappa shape index (κ3) is 1.44. The Morgan fingerprint density at radius 3 is 2.77 bits per heavy atom. The fourth-order valence-corrected chi connectivity index (χ4v) is 3.15. The van der Waals surface area contributed by atoms with E-state index in [-0.39, 0.29) is 0 Å². The minimum absolute atomic E-state index is 0.655. The molecular formula is C11H15NS. The van der Waals surface area contributed by atoms with Crippen molar-refractivity contribution in [2.75, 3.05) is 11.4 Å². The minimum atomic E-state index is 0.655.